The zero-order valence-corrected chi connectivity index (χ0v) is 10.4. The number of benzene rings is 1. The van der Waals surface area contributed by atoms with Crippen LogP contribution in [-0.2, 0) is 0 Å². The minimum Gasteiger partial charge on any atom is -0.367 e. The highest BCUT2D eigenvalue weighted by atomic mass is 35.5. The minimum atomic E-state index is -0.456. The Labute approximate surface area is 109 Å². The van der Waals surface area contributed by atoms with Gasteiger partial charge in [-0.25, -0.2) is 0 Å². The fourth-order valence-electron chi connectivity index (χ4n) is 1.51. The Morgan fingerprint density at radius 1 is 1.33 bits per heavy atom. The molecule has 1 amide bonds. The molecule has 0 spiro atoms. The van der Waals surface area contributed by atoms with Crippen LogP contribution in [0, 0.1) is 6.92 Å². The molecule has 1 heterocycles. The first kappa shape index (κ1) is 12.4. The first-order valence-electron chi connectivity index (χ1n) is 5.32. The van der Waals surface area contributed by atoms with E-state index in [1.54, 1.807) is 18.2 Å². The van der Waals surface area contributed by atoms with Gasteiger partial charge in [-0.3, -0.25) is 9.59 Å². The predicted octanol–water partition coefficient (Wildman–Crippen LogP) is 2.59. The normalized spacial score (nSPS) is 10.1. The molecule has 0 aliphatic rings. The number of pyridine rings is 1. The van der Waals surface area contributed by atoms with Crippen molar-refractivity contribution < 1.29 is 4.79 Å². The zero-order chi connectivity index (χ0) is 13.1. The molecule has 2 aromatic rings. The number of hydrogen-bond acceptors (Lipinski definition) is 2. The summed E-state index contributed by atoms with van der Waals surface area (Å²) in [5.41, 5.74) is 1.21. The molecule has 2 rings (SSSR count). The molecule has 1 aromatic carbocycles. The lowest BCUT2D eigenvalue weighted by molar-refractivity contribution is 0.102. The fourth-order valence-corrected chi connectivity index (χ4v) is 1.68. The number of carbonyl (C=O) groups is 1. The van der Waals surface area contributed by atoms with Gasteiger partial charge in [-0.2, -0.15) is 0 Å². The molecule has 2 N–H and O–H groups in total. The van der Waals surface area contributed by atoms with Gasteiger partial charge in [0, 0.05) is 29.2 Å². The molecular formula is C13H11ClN2O2. The molecule has 0 atom stereocenters. The highest BCUT2D eigenvalue weighted by Crippen LogP contribution is 2.20. The second-order valence-corrected chi connectivity index (χ2v) is 4.27. The molecular weight excluding hydrogens is 252 g/mol. The van der Waals surface area contributed by atoms with E-state index in [2.05, 4.69) is 10.3 Å². The number of halogens is 1. The number of aryl methyl sites for hydroxylation is 1. The summed E-state index contributed by atoms with van der Waals surface area (Å²) in [5, 5.41) is 3.19. The molecule has 0 unspecified atom stereocenters. The molecule has 18 heavy (non-hydrogen) atoms. The van der Waals surface area contributed by atoms with Gasteiger partial charge in [-0.15, -0.1) is 0 Å². The Morgan fingerprint density at radius 3 is 2.83 bits per heavy atom. The van der Waals surface area contributed by atoms with Crippen LogP contribution in [0.2, 0.25) is 5.02 Å². The van der Waals surface area contributed by atoms with E-state index >= 15 is 0 Å². The van der Waals surface area contributed by atoms with E-state index in [4.69, 9.17) is 11.6 Å². The van der Waals surface area contributed by atoms with Crippen molar-refractivity contribution in [2.75, 3.05) is 5.32 Å². The Morgan fingerprint density at radius 2 is 2.11 bits per heavy atom. The second-order valence-electron chi connectivity index (χ2n) is 3.84. The first-order valence-corrected chi connectivity index (χ1v) is 5.70. The maximum absolute atomic E-state index is 11.9. The number of nitrogens with one attached hydrogen (secondary N) is 2. The summed E-state index contributed by atoms with van der Waals surface area (Å²) < 4.78 is 0. The average Bonchev–Trinajstić information content (AvgIpc) is 2.34. The van der Waals surface area contributed by atoms with Crippen LogP contribution >= 0.6 is 11.6 Å². The molecule has 92 valence electrons. The summed E-state index contributed by atoms with van der Waals surface area (Å²) in [5.74, 6) is -0.456. The first-order chi connectivity index (χ1) is 8.58. The third-order valence-corrected chi connectivity index (χ3v) is 2.75. The van der Waals surface area contributed by atoms with Gasteiger partial charge in [-0.1, -0.05) is 17.7 Å². The van der Waals surface area contributed by atoms with Gasteiger partial charge in [0.05, 0.1) is 0 Å². The Bertz CT molecular complexity index is 649. The van der Waals surface area contributed by atoms with Crippen molar-refractivity contribution in [1.29, 1.82) is 0 Å². The number of H-pyrrole nitrogens is 1. The van der Waals surface area contributed by atoms with Crippen LogP contribution in [0.5, 0.6) is 0 Å². The van der Waals surface area contributed by atoms with Crippen molar-refractivity contribution in [3.63, 3.8) is 0 Å². The van der Waals surface area contributed by atoms with Crippen LogP contribution in [0.15, 0.2) is 41.5 Å². The van der Waals surface area contributed by atoms with E-state index in [1.165, 1.54) is 18.5 Å². The monoisotopic (exact) mass is 262 g/mol. The van der Waals surface area contributed by atoms with Crippen molar-refractivity contribution in [2.45, 2.75) is 6.92 Å². The number of anilines is 1. The minimum absolute atomic E-state index is 0.0666. The molecule has 0 aliphatic heterocycles. The van der Waals surface area contributed by atoms with Crippen LogP contribution in [0.1, 0.15) is 15.9 Å². The SMILES string of the molecule is Cc1ccc(Cl)cc1NC(=O)c1c[nH]ccc1=O. The summed E-state index contributed by atoms with van der Waals surface area (Å²) >= 11 is 5.86. The molecule has 0 radical (unpaired) electrons. The van der Waals surface area contributed by atoms with Crippen molar-refractivity contribution in [3.05, 3.63) is 63.0 Å². The lowest BCUT2D eigenvalue weighted by Gasteiger charge is -2.08. The lowest BCUT2D eigenvalue weighted by Crippen LogP contribution is -2.21. The third-order valence-electron chi connectivity index (χ3n) is 2.52. The summed E-state index contributed by atoms with van der Waals surface area (Å²) in [7, 11) is 0. The number of aromatic amines is 1. The number of carbonyl (C=O) groups excluding carboxylic acids is 1. The Kier molecular flexibility index (Phi) is 3.48. The van der Waals surface area contributed by atoms with E-state index < -0.39 is 5.91 Å². The van der Waals surface area contributed by atoms with Crippen molar-refractivity contribution in [3.8, 4) is 0 Å². The van der Waals surface area contributed by atoms with Crippen molar-refractivity contribution in [2.24, 2.45) is 0 Å². The molecule has 1 aromatic heterocycles. The maximum atomic E-state index is 11.9. The third kappa shape index (κ3) is 2.60. The van der Waals surface area contributed by atoms with Gasteiger partial charge in [0.25, 0.3) is 5.91 Å². The van der Waals surface area contributed by atoms with Gasteiger partial charge in [-0.05, 0) is 24.6 Å². The average molecular weight is 263 g/mol. The number of amides is 1. The van der Waals surface area contributed by atoms with E-state index in [1.807, 2.05) is 6.92 Å². The summed E-state index contributed by atoms with van der Waals surface area (Å²) in [6.07, 6.45) is 2.85. The van der Waals surface area contributed by atoms with Gasteiger partial charge in [0.15, 0.2) is 5.43 Å². The van der Waals surface area contributed by atoms with Crippen LogP contribution in [0.25, 0.3) is 0 Å². The summed E-state index contributed by atoms with van der Waals surface area (Å²) in [4.78, 5) is 26.1. The molecule has 5 heteroatoms. The van der Waals surface area contributed by atoms with E-state index in [9.17, 15) is 9.59 Å². The largest absolute Gasteiger partial charge is 0.367 e. The molecule has 0 fully saturated rings. The standard InChI is InChI=1S/C13H11ClN2O2/c1-8-2-3-9(14)6-11(8)16-13(18)10-7-15-5-4-12(10)17/h2-7H,1H3,(H,15,17)(H,16,18). The van der Waals surface area contributed by atoms with E-state index in [-0.39, 0.29) is 11.0 Å². The van der Waals surface area contributed by atoms with Crippen LogP contribution in [0.3, 0.4) is 0 Å². The topological polar surface area (TPSA) is 62.0 Å². The molecule has 0 bridgehead atoms. The highest BCUT2D eigenvalue weighted by Gasteiger charge is 2.11. The fraction of sp³-hybridized carbons (Fsp3) is 0.0769. The highest BCUT2D eigenvalue weighted by molar-refractivity contribution is 6.31. The predicted molar refractivity (Wildman–Crippen MR) is 71.2 cm³/mol. The maximum Gasteiger partial charge on any atom is 0.261 e. The van der Waals surface area contributed by atoms with Gasteiger partial charge in [0.1, 0.15) is 5.56 Å². The van der Waals surface area contributed by atoms with Crippen LogP contribution in [0.4, 0.5) is 5.69 Å². The van der Waals surface area contributed by atoms with Crippen LogP contribution < -0.4 is 10.7 Å². The summed E-state index contributed by atoms with van der Waals surface area (Å²) in [6, 6.07) is 6.49. The Balaban J connectivity index is 2.30. The van der Waals surface area contributed by atoms with E-state index in [0.29, 0.717) is 10.7 Å². The smallest absolute Gasteiger partial charge is 0.261 e. The number of hydrogen-bond donors (Lipinski definition) is 2. The van der Waals surface area contributed by atoms with Crippen LogP contribution in [-0.4, -0.2) is 10.9 Å². The van der Waals surface area contributed by atoms with Gasteiger partial charge in [0.2, 0.25) is 0 Å². The lowest BCUT2D eigenvalue weighted by atomic mass is 10.2. The Hall–Kier alpha value is -2.07. The molecule has 0 saturated carbocycles. The molecule has 4 nitrogen and oxygen atoms in total. The molecule has 0 aliphatic carbocycles. The van der Waals surface area contributed by atoms with Gasteiger partial charge >= 0.3 is 0 Å². The van der Waals surface area contributed by atoms with Crippen molar-refractivity contribution >= 4 is 23.2 Å². The quantitative estimate of drug-likeness (QED) is 0.874. The van der Waals surface area contributed by atoms with Crippen molar-refractivity contribution in [1.82, 2.24) is 4.98 Å². The van der Waals surface area contributed by atoms with Gasteiger partial charge < -0.3 is 10.3 Å². The zero-order valence-electron chi connectivity index (χ0n) is 9.66. The number of aromatic nitrogens is 1. The summed E-state index contributed by atoms with van der Waals surface area (Å²) in [6.45, 7) is 1.85. The number of rotatable bonds is 2. The molecule has 0 saturated heterocycles. The van der Waals surface area contributed by atoms with E-state index in [0.717, 1.165) is 5.56 Å². The second kappa shape index (κ2) is 5.06.